The molecule has 0 amide bonds. The van der Waals surface area contributed by atoms with Crippen molar-refractivity contribution in [1.29, 1.82) is 5.39 Å². The molecule has 0 unspecified atom stereocenters. The van der Waals surface area contributed by atoms with E-state index in [1.54, 1.807) is 12.1 Å². The third-order valence-corrected chi connectivity index (χ3v) is 2.25. The Morgan fingerprint density at radius 1 is 1.00 bits per heavy atom. The van der Waals surface area contributed by atoms with Gasteiger partial charge in [0.2, 0.25) is 5.39 Å². The van der Waals surface area contributed by atoms with Gasteiger partial charge in [0.25, 0.3) is 0 Å². The number of ether oxygens (including phenoxy) is 1. The van der Waals surface area contributed by atoms with Gasteiger partial charge in [-0.2, -0.15) is 0 Å². The molecule has 0 aliphatic rings. The van der Waals surface area contributed by atoms with Crippen molar-refractivity contribution in [1.82, 2.24) is 0 Å². The van der Waals surface area contributed by atoms with Crippen molar-refractivity contribution in [3.63, 3.8) is 0 Å². The molecule has 2 aromatic rings. The largest absolute Gasteiger partial charge is 0.457 e. The Bertz CT molecular complexity index is 529. The number of aryl methyl sites for hydroxylation is 1. The molecule has 0 atom stereocenters. The second-order valence-electron chi connectivity index (χ2n) is 3.46. The lowest BCUT2D eigenvalue weighted by Crippen LogP contribution is -1.84. The first-order valence-corrected chi connectivity index (χ1v) is 4.98. The van der Waals surface area contributed by atoms with Gasteiger partial charge in [0.15, 0.2) is 4.98 Å². The lowest BCUT2D eigenvalue weighted by molar-refractivity contribution is 0.482. The highest BCUT2D eigenvalue weighted by Gasteiger charge is 2.10. The Labute approximate surface area is 93.9 Å². The van der Waals surface area contributed by atoms with E-state index >= 15 is 0 Å². The molecule has 0 aliphatic carbocycles. The zero-order valence-electron chi connectivity index (χ0n) is 8.92. The molecule has 0 N–H and O–H groups in total. The van der Waals surface area contributed by atoms with Crippen LogP contribution in [0.2, 0.25) is 0 Å². The highest BCUT2D eigenvalue weighted by molar-refractivity contribution is 5.54. The Balaban J connectivity index is 2.24. The van der Waals surface area contributed by atoms with Gasteiger partial charge in [-0.05, 0) is 31.2 Å². The lowest BCUT2D eigenvalue weighted by Gasteiger charge is -2.04. The SMILES string of the molecule is Cc1cc(Oc2ccccc2)ccc1[N+]#N. The van der Waals surface area contributed by atoms with Crippen LogP contribution in [-0.4, -0.2) is 0 Å². The minimum atomic E-state index is 0.556. The van der Waals surface area contributed by atoms with Crippen LogP contribution in [0, 0.1) is 12.3 Å². The third kappa shape index (κ3) is 2.18. The number of rotatable bonds is 2. The van der Waals surface area contributed by atoms with E-state index in [1.807, 2.05) is 43.3 Å². The smallest absolute Gasteiger partial charge is 0.388 e. The molecule has 0 bridgehead atoms. The Kier molecular flexibility index (Phi) is 2.84. The number of para-hydroxylation sites is 1. The van der Waals surface area contributed by atoms with Crippen molar-refractivity contribution in [2.75, 3.05) is 0 Å². The van der Waals surface area contributed by atoms with E-state index in [4.69, 9.17) is 10.1 Å². The average Bonchev–Trinajstić information content (AvgIpc) is 2.31. The molecule has 3 nitrogen and oxygen atoms in total. The van der Waals surface area contributed by atoms with Crippen LogP contribution in [0.1, 0.15) is 5.56 Å². The van der Waals surface area contributed by atoms with Gasteiger partial charge in [-0.3, -0.25) is 0 Å². The monoisotopic (exact) mass is 211 g/mol. The Hall–Kier alpha value is -2.34. The van der Waals surface area contributed by atoms with E-state index < -0.39 is 0 Å². The van der Waals surface area contributed by atoms with Crippen molar-refractivity contribution in [2.45, 2.75) is 6.92 Å². The molecule has 0 aliphatic heterocycles. The highest BCUT2D eigenvalue weighted by Crippen LogP contribution is 2.27. The van der Waals surface area contributed by atoms with E-state index in [9.17, 15) is 0 Å². The van der Waals surface area contributed by atoms with Crippen molar-refractivity contribution >= 4 is 5.69 Å². The Morgan fingerprint density at radius 2 is 1.75 bits per heavy atom. The first kappa shape index (κ1) is 10.2. The van der Waals surface area contributed by atoms with Crippen LogP contribution in [0.5, 0.6) is 11.5 Å². The van der Waals surface area contributed by atoms with Gasteiger partial charge in [-0.1, -0.05) is 18.2 Å². The topological polar surface area (TPSA) is 37.4 Å². The molecule has 0 fully saturated rings. The molecule has 3 heteroatoms. The summed E-state index contributed by atoms with van der Waals surface area (Å²) >= 11 is 0. The van der Waals surface area contributed by atoms with Gasteiger partial charge in [0.05, 0.1) is 0 Å². The predicted octanol–water partition coefficient (Wildman–Crippen LogP) is 4.27. The maximum atomic E-state index is 8.68. The molecule has 0 aromatic heterocycles. The molecular weight excluding hydrogens is 200 g/mol. The minimum absolute atomic E-state index is 0.556. The summed E-state index contributed by atoms with van der Waals surface area (Å²) in [5.41, 5.74) is 1.43. The summed E-state index contributed by atoms with van der Waals surface area (Å²) in [4.78, 5) is 3.16. The Morgan fingerprint density at radius 3 is 2.38 bits per heavy atom. The molecule has 0 radical (unpaired) electrons. The van der Waals surface area contributed by atoms with Gasteiger partial charge in [0.1, 0.15) is 11.5 Å². The van der Waals surface area contributed by atoms with Gasteiger partial charge in [-0.25, -0.2) is 0 Å². The molecule has 78 valence electrons. The predicted molar refractivity (Wildman–Crippen MR) is 62.4 cm³/mol. The quantitative estimate of drug-likeness (QED) is 0.695. The molecule has 0 spiro atoms. The zero-order chi connectivity index (χ0) is 11.4. The summed E-state index contributed by atoms with van der Waals surface area (Å²) in [6.45, 7) is 1.87. The summed E-state index contributed by atoms with van der Waals surface area (Å²) in [5.74, 6) is 1.52. The van der Waals surface area contributed by atoms with E-state index in [-0.39, 0.29) is 0 Å². The normalized spacial score (nSPS) is 9.50. The fourth-order valence-electron chi connectivity index (χ4n) is 1.43. The molecule has 2 rings (SSSR count). The molecule has 2 aromatic carbocycles. The number of hydrogen-bond donors (Lipinski definition) is 0. The number of nitrogens with zero attached hydrogens (tertiary/aromatic N) is 2. The first-order valence-electron chi connectivity index (χ1n) is 4.98. The van der Waals surface area contributed by atoms with Gasteiger partial charge < -0.3 is 4.74 Å². The van der Waals surface area contributed by atoms with E-state index in [1.165, 1.54) is 0 Å². The van der Waals surface area contributed by atoms with Crippen LogP contribution >= 0.6 is 0 Å². The minimum Gasteiger partial charge on any atom is -0.457 e. The van der Waals surface area contributed by atoms with Crippen LogP contribution in [-0.2, 0) is 0 Å². The fraction of sp³-hybridized carbons (Fsp3) is 0.0769. The fourth-order valence-corrected chi connectivity index (χ4v) is 1.43. The maximum Gasteiger partial charge on any atom is 0.388 e. The summed E-state index contributed by atoms with van der Waals surface area (Å²) in [5, 5.41) is 8.68. The number of benzene rings is 2. The van der Waals surface area contributed by atoms with E-state index in [0.717, 1.165) is 17.1 Å². The zero-order valence-corrected chi connectivity index (χ0v) is 8.92. The molecule has 0 saturated carbocycles. The summed E-state index contributed by atoms with van der Waals surface area (Å²) in [7, 11) is 0. The van der Waals surface area contributed by atoms with Gasteiger partial charge in [-0.15, -0.1) is 0 Å². The van der Waals surface area contributed by atoms with Gasteiger partial charge >= 0.3 is 5.69 Å². The van der Waals surface area contributed by atoms with Crippen molar-refractivity contribution < 1.29 is 4.74 Å². The maximum absolute atomic E-state index is 8.68. The lowest BCUT2D eigenvalue weighted by atomic mass is 10.2. The third-order valence-electron chi connectivity index (χ3n) is 2.25. The van der Waals surface area contributed by atoms with Gasteiger partial charge in [0, 0.05) is 11.6 Å². The standard InChI is InChI=1S/C13H11N2O/c1-10-9-12(7-8-13(10)15-14)16-11-5-3-2-4-6-11/h2-9H,1H3/q+1. The van der Waals surface area contributed by atoms with Crippen molar-refractivity contribution in [2.24, 2.45) is 0 Å². The molecule has 16 heavy (non-hydrogen) atoms. The second-order valence-corrected chi connectivity index (χ2v) is 3.46. The number of hydrogen-bond acceptors (Lipinski definition) is 2. The van der Waals surface area contributed by atoms with Crippen molar-refractivity contribution in [3.05, 3.63) is 59.1 Å². The van der Waals surface area contributed by atoms with Crippen LogP contribution in [0.3, 0.4) is 0 Å². The van der Waals surface area contributed by atoms with E-state index in [2.05, 4.69) is 4.98 Å². The van der Waals surface area contributed by atoms with Crippen LogP contribution in [0.4, 0.5) is 5.69 Å². The second kappa shape index (κ2) is 4.45. The molecule has 0 heterocycles. The summed E-state index contributed by atoms with van der Waals surface area (Å²) in [6, 6.07) is 14.9. The summed E-state index contributed by atoms with van der Waals surface area (Å²) < 4.78 is 5.64. The van der Waals surface area contributed by atoms with E-state index in [0.29, 0.717) is 5.69 Å². The highest BCUT2D eigenvalue weighted by atomic mass is 16.5. The average molecular weight is 211 g/mol. The molecule has 0 saturated heterocycles. The molecular formula is C13H11N2O+. The first-order chi connectivity index (χ1) is 7.79. The van der Waals surface area contributed by atoms with Crippen molar-refractivity contribution in [3.8, 4) is 11.5 Å². The van der Waals surface area contributed by atoms with Crippen LogP contribution in [0.25, 0.3) is 4.98 Å². The number of diazo groups is 1. The summed E-state index contributed by atoms with van der Waals surface area (Å²) in [6.07, 6.45) is 0. The van der Waals surface area contributed by atoms with Crippen LogP contribution < -0.4 is 4.74 Å². The van der Waals surface area contributed by atoms with Crippen LogP contribution in [0.15, 0.2) is 48.5 Å².